The maximum absolute atomic E-state index is 10.3. The normalized spacial score (nSPS) is 10.5. The van der Waals surface area contributed by atoms with Gasteiger partial charge in [0, 0.05) is 0 Å². The molecule has 116 valence electrons. The molecule has 0 saturated heterocycles. The van der Waals surface area contributed by atoms with Crippen molar-refractivity contribution >= 4 is 20.2 Å². The summed E-state index contributed by atoms with van der Waals surface area (Å²) >= 11 is 0.300. The van der Waals surface area contributed by atoms with Crippen molar-refractivity contribution in [1.82, 2.24) is 0 Å². The van der Waals surface area contributed by atoms with Crippen LogP contribution in [0.5, 0.6) is 0 Å². The molecule has 2 aromatic carbocycles. The van der Waals surface area contributed by atoms with E-state index in [4.69, 9.17) is 2.81 Å². The van der Waals surface area contributed by atoms with Crippen LogP contribution in [0.2, 0.25) is 0 Å². The molecule has 0 spiro atoms. The molecule has 0 heterocycles. The van der Waals surface area contributed by atoms with Gasteiger partial charge in [-0.15, -0.1) is 0 Å². The second-order valence-electron chi connectivity index (χ2n) is 3.53. The van der Waals surface area contributed by atoms with Crippen molar-refractivity contribution in [3.05, 3.63) is 60.7 Å². The average molecular weight is 422 g/mol. The van der Waals surface area contributed by atoms with Crippen molar-refractivity contribution in [2.75, 3.05) is 0 Å². The molecule has 0 radical (unpaired) electrons. The topological polar surface area (TPSA) is 131 Å². The van der Waals surface area contributed by atoms with Crippen molar-refractivity contribution in [2.24, 2.45) is 0 Å². The summed E-state index contributed by atoms with van der Waals surface area (Å²) < 4.78 is 70.0. The molecule has 0 bridgehead atoms. The fraction of sp³-hybridized carbons (Fsp3) is 0. The first-order chi connectivity index (χ1) is 10.2. The van der Waals surface area contributed by atoms with Crippen LogP contribution < -0.4 is 0 Å². The van der Waals surface area contributed by atoms with E-state index in [-0.39, 0.29) is 9.79 Å². The van der Waals surface area contributed by atoms with Crippen LogP contribution in [0.15, 0.2) is 70.5 Å². The van der Waals surface area contributed by atoms with Gasteiger partial charge in [0.1, 0.15) is 20.2 Å². The molecule has 0 unspecified atom stereocenters. The van der Waals surface area contributed by atoms with Gasteiger partial charge >= 0.3 is 27.5 Å². The van der Waals surface area contributed by atoms with Crippen molar-refractivity contribution in [3.63, 3.8) is 0 Å². The molecule has 0 aliphatic carbocycles. The first kappa shape index (κ1) is 20.9. The molecule has 0 aliphatic heterocycles. The minimum absolute atomic E-state index is 0.185. The summed E-state index contributed by atoms with van der Waals surface area (Å²) in [6.45, 7) is 0. The van der Waals surface area contributed by atoms with Crippen LogP contribution >= 0.6 is 0 Å². The predicted molar refractivity (Wildman–Crippen MR) is 69.5 cm³/mol. The van der Waals surface area contributed by atoms with Crippen LogP contribution in [-0.4, -0.2) is 25.9 Å². The van der Waals surface area contributed by atoms with E-state index < -0.39 is 20.2 Å². The third kappa shape index (κ3) is 8.40. The van der Waals surface area contributed by atoms with Crippen LogP contribution in [0.4, 0.5) is 0 Å². The van der Waals surface area contributed by atoms with E-state index in [0.29, 0.717) is 24.7 Å². The van der Waals surface area contributed by atoms with Gasteiger partial charge in [-0.05, 0) is 24.3 Å². The Labute approximate surface area is 143 Å². The van der Waals surface area contributed by atoms with E-state index in [1.165, 1.54) is 48.5 Å². The molecule has 0 amide bonds. The van der Waals surface area contributed by atoms with Gasteiger partial charge in [-0.1, -0.05) is 36.4 Å². The quantitative estimate of drug-likeness (QED) is 0.662. The molecule has 0 N–H and O–H groups in total. The van der Waals surface area contributed by atoms with Crippen LogP contribution in [0.3, 0.4) is 0 Å². The van der Waals surface area contributed by atoms with Crippen LogP contribution in [0.25, 0.3) is 0 Å². The summed E-state index contributed by atoms with van der Waals surface area (Å²) in [6, 6.07) is 14.4. The van der Waals surface area contributed by atoms with Gasteiger partial charge in [0.05, 0.1) is 9.79 Å². The minimum atomic E-state index is -4.25. The monoisotopic (exact) mass is 420 g/mol. The molecule has 0 aliphatic rings. The molecule has 2 aromatic rings. The average Bonchev–Trinajstić information content (AvgIpc) is 2.50. The molecule has 0 aromatic heterocycles. The van der Waals surface area contributed by atoms with Gasteiger partial charge in [0.2, 0.25) is 0 Å². The second kappa shape index (κ2) is 9.86. The Kier molecular flexibility index (Phi) is 9.38. The zero-order chi connectivity index (χ0) is 17.2. The third-order valence-corrected chi connectivity index (χ3v) is 3.76. The molecule has 7 nitrogen and oxygen atoms in total. The van der Waals surface area contributed by atoms with Crippen LogP contribution in [0, 0.1) is 0 Å². The van der Waals surface area contributed by atoms with E-state index in [1.807, 2.05) is 0 Å². The van der Waals surface area contributed by atoms with E-state index in [9.17, 15) is 25.9 Å². The third-order valence-electron chi connectivity index (χ3n) is 2.06. The Hall–Kier alpha value is -1.06. The van der Waals surface area contributed by atoms with Gasteiger partial charge in [0.15, 0.2) is 0 Å². The van der Waals surface area contributed by atoms with Crippen LogP contribution in [-0.2, 0) is 47.8 Å². The number of rotatable bonds is 2. The molecular formula is C12H10O7S2Zr. The Morgan fingerprint density at radius 3 is 0.955 bits per heavy atom. The summed E-state index contributed by atoms with van der Waals surface area (Å²) in [7, 11) is -8.51. The number of hydrogen-bond donors (Lipinski definition) is 0. The summed E-state index contributed by atoms with van der Waals surface area (Å²) in [6.07, 6.45) is 0. The summed E-state index contributed by atoms with van der Waals surface area (Å²) in [4.78, 5) is -0.370. The van der Waals surface area contributed by atoms with Crippen molar-refractivity contribution in [2.45, 2.75) is 9.79 Å². The molecule has 0 atom stereocenters. The Bertz CT molecular complexity index is 692. The van der Waals surface area contributed by atoms with E-state index in [1.54, 1.807) is 12.1 Å². The predicted octanol–water partition coefficient (Wildman–Crippen LogP) is 1.06. The molecule has 0 saturated carbocycles. The van der Waals surface area contributed by atoms with Gasteiger partial charge in [-0.3, -0.25) is 0 Å². The fourth-order valence-corrected chi connectivity index (χ4v) is 2.16. The Balaban J connectivity index is 0.000000360. The second-order valence-corrected chi connectivity index (χ2v) is 6.29. The first-order valence-electron chi connectivity index (χ1n) is 5.43. The van der Waals surface area contributed by atoms with Crippen molar-refractivity contribution in [1.29, 1.82) is 0 Å². The zero-order valence-electron chi connectivity index (χ0n) is 10.9. The number of hydrogen-bond acceptors (Lipinski definition) is 7. The van der Waals surface area contributed by atoms with Crippen molar-refractivity contribution in [3.8, 4) is 0 Å². The van der Waals surface area contributed by atoms with Crippen LogP contribution in [0.1, 0.15) is 0 Å². The van der Waals surface area contributed by atoms with E-state index in [2.05, 4.69) is 0 Å². The summed E-state index contributed by atoms with van der Waals surface area (Å²) in [5, 5.41) is 0. The van der Waals surface area contributed by atoms with Gasteiger partial charge in [-0.2, -0.15) is 0 Å². The maximum atomic E-state index is 10.3. The fourth-order valence-electron chi connectivity index (χ4n) is 1.17. The standard InChI is InChI=1S/2C6H6O3S.O.Zr/c2*7-10(8,9)6-4-2-1-3-5-6;;/h2*1-5H,(H,7,8,9);;/q;;;+2/p-2. The van der Waals surface area contributed by atoms with Gasteiger partial charge in [0.25, 0.3) is 0 Å². The first-order valence-corrected chi connectivity index (χ1v) is 9.25. The molecular weight excluding hydrogens is 411 g/mol. The SMILES string of the molecule is O=S(=O)([O-])c1ccccc1.O=S(=O)([O-])c1ccccc1.[O]=[Zr+2]. The Morgan fingerprint density at radius 1 is 0.591 bits per heavy atom. The van der Waals surface area contributed by atoms with E-state index >= 15 is 0 Å². The molecule has 2 rings (SSSR count). The molecule has 0 fully saturated rings. The van der Waals surface area contributed by atoms with Crippen molar-refractivity contribution < 1.29 is 53.5 Å². The Morgan fingerprint density at radius 2 is 0.818 bits per heavy atom. The molecule has 22 heavy (non-hydrogen) atoms. The molecule has 10 heteroatoms. The van der Waals surface area contributed by atoms with Gasteiger partial charge in [-0.25, -0.2) is 16.8 Å². The summed E-state index contributed by atoms with van der Waals surface area (Å²) in [5.74, 6) is 0. The zero-order valence-corrected chi connectivity index (χ0v) is 15.0. The summed E-state index contributed by atoms with van der Waals surface area (Å²) in [5.41, 5.74) is 0. The van der Waals surface area contributed by atoms with E-state index in [0.717, 1.165) is 0 Å². The number of benzene rings is 2. The van der Waals surface area contributed by atoms with Gasteiger partial charge < -0.3 is 9.11 Å².